The molecular weight excluding hydrogens is 281 g/mol. The summed E-state index contributed by atoms with van der Waals surface area (Å²) in [6.45, 7) is 1.20. The van der Waals surface area contributed by atoms with Gasteiger partial charge in [0, 0.05) is 19.1 Å². The van der Waals surface area contributed by atoms with Crippen molar-refractivity contribution in [2.75, 3.05) is 18.0 Å². The number of alkyl halides is 3. The highest BCUT2D eigenvalue weighted by molar-refractivity contribution is 5.55. The number of fused-ring (bicyclic) bond motifs is 1. The van der Waals surface area contributed by atoms with E-state index < -0.39 is 11.9 Å². The zero-order valence-corrected chi connectivity index (χ0v) is 11.3. The molecule has 1 aromatic heterocycles. The molecule has 3 unspecified atom stereocenters. The largest absolute Gasteiger partial charge is 0.433 e. The molecule has 0 bridgehead atoms. The first-order valence-electron chi connectivity index (χ1n) is 6.89. The number of rotatable bonds is 1. The minimum absolute atomic E-state index is 0.0938. The van der Waals surface area contributed by atoms with Gasteiger partial charge in [-0.2, -0.15) is 18.4 Å². The predicted molar refractivity (Wildman–Crippen MR) is 70.4 cm³/mol. The number of nitrogens with zero attached hydrogens (tertiary/aromatic N) is 3. The minimum atomic E-state index is -4.51. The maximum atomic E-state index is 12.8. The van der Waals surface area contributed by atoms with E-state index in [2.05, 4.69) is 4.98 Å². The molecule has 1 aliphatic carbocycles. The lowest BCUT2D eigenvalue weighted by molar-refractivity contribution is -0.141. The Labute approximate surface area is 120 Å². The molecule has 3 atom stereocenters. The lowest BCUT2D eigenvalue weighted by Gasteiger charge is -2.21. The highest BCUT2D eigenvalue weighted by atomic mass is 19.4. The lowest BCUT2D eigenvalue weighted by Crippen LogP contribution is -2.31. The van der Waals surface area contributed by atoms with Gasteiger partial charge in [-0.1, -0.05) is 0 Å². The maximum Gasteiger partial charge on any atom is 0.433 e. The van der Waals surface area contributed by atoms with Crippen LogP contribution in [-0.4, -0.2) is 24.1 Å². The Kier molecular flexibility index (Phi) is 3.29. The number of hydrogen-bond acceptors (Lipinski definition) is 4. The molecule has 112 valence electrons. The fourth-order valence-electron chi connectivity index (χ4n) is 3.42. The van der Waals surface area contributed by atoms with Crippen molar-refractivity contribution >= 4 is 5.82 Å². The van der Waals surface area contributed by atoms with Crippen LogP contribution in [-0.2, 0) is 6.18 Å². The molecule has 2 aliphatic rings. The van der Waals surface area contributed by atoms with Crippen LogP contribution < -0.4 is 10.6 Å². The van der Waals surface area contributed by atoms with Crippen molar-refractivity contribution in [1.82, 2.24) is 4.98 Å². The Morgan fingerprint density at radius 1 is 1.29 bits per heavy atom. The number of nitriles is 1. The molecule has 1 aromatic rings. The average molecular weight is 296 g/mol. The molecule has 2 fully saturated rings. The highest BCUT2D eigenvalue weighted by Gasteiger charge is 2.42. The molecule has 21 heavy (non-hydrogen) atoms. The molecule has 3 rings (SSSR count). The molecule has 0 amide bonds. The van der Waals surface area contributed by atoms with Gasteiger partial charge < -0.3 is 10.6 Å². The molecule has 0 radical (unpaired) electrons. The topological polar surface area (TPSA) is 65.9 Å². The third kappa shape index (κ3) is 2.44. The van der Waals surface area contributed by atoms with Crippen LogP contribution in [0, 0.1) is 23.2 Å². The molecule has 1 aliphatic heterocycles. The summed E-state index contributed by atoms with van der Waals surface area (Å²) >= 11 is 0. The minimum Gasteiger partial charge on any atom is -0.355 e. The van der Waals surface area contributed by atoms with Gasteiger partial charge in [0.05, 0.1) is 5.56 Å². The van der Waals surface area contributed by atoms with E-state index in [4.69, 9.17) is 11.0 Å². The van der Waals surface area contributed by atoms with Crippen LogP contribution >= 0.6 is 0 Å². The molecule has 0 aromatic carbocycles. The Hall–Kier alpha value is -1.81. The van der Waals surface area contributed by atoms with Gasteiger partial charge in [-0.3, -0.25) is 0 Å². The van der Waals surface area contributed by atoms with E-state index in [0.717, 1.165) is 18.9 Å². The van der Waals surface area contributed by atoms with Crippen molar-refractivity contribution in [3.8, 4) is 6.07 Å². The molecule has 2 heterocycles. The van der Waals surface area contributed by atoms with Crippen LogP contribution in [0.2, 0.25) is 0 Å². The van der Waals surface area contributed by atoms with Crippen molar-refractivity contribution in [3.05, 3.63) is 23.4 Å². The Bertz CT molecular complexity index is 593. The van der Waals surface area contributed by atoms with Crippen molar-refractivity contribution in [2.45, 2.75) is 25.1 Å². The van der Waals surface area contributed by atoms with E-state index in [1.807, 2.05) is 6.07 Å². The van der Waals surface area contributed by atoms with Crippen LogP contribution in [0.1, 0.15) is 24.1 Å². The van der Waals surface area contributed by atoms with Crippen LogP contribution in [0.15, 0.2) is 12.1 Å². The summed E-state index contributed by atoms with van der Waals surface area (Å²) in [4.78, 5) is 5.47. The Morgan fingerprint density at radius 2 is 2.05 bits per heavy atom. The zero-order valence-electron chi connectivity index (χ0n) is 11.3. The molecule has 7 heteroatoms. The molecule has 4 nitrogen and oxygen atoms in total. The van der Waals surface area contributed by atoms with Gasteiger partial charge in [-0.05, 0) is 36.8 Å². The lowest BCUT2D eigenvalue weighted by atomic mass is 9.98. The van der Waals surface area contributed by atoms with Gasteiger partial charge in [-0.25, -0.2) is 4.98 Å². The molecule has 1 saturated heterocycles. The first kappa shape index (κ1) is 14.1. The number of anilines is 1. The standard InChI is InChI=1S/C14H15F3N4/c15-14(16,17)12-4-2-8(5-18)13(20-12)21-6-9-1-3-11(19)10(9)7-21/h2,4,9-11H,1,3,6-7,19H2. The number of aromatic nitrogens is 1. The summed E-state index contributed by atoms with van der Waals surface area (Å²) in [6, 6.07) is 4.06. The van der Waals surface area contributed by atoms with Crippen LogP contribution in [0.5, 0.6) is 0 Å². The zero-order chi connectivity index (χ0) is 15.2. The van der Waals surface area contributed by atoms with Crippen LogP contribution in [0.25, 0.3) is 0 Å². The van der Waals surface area contributed by atoms with E-state index in [1.165, 1.54) is 6.07 Å². The van der Waals surface area contributed by atoms with Crippen molar-refractivity contribution in [1.29, 1.82) is 5.26 Å². The van der Waals surface area contributed by atoms with Crippen molar-refractivity contribution < 1.29 is 13.2 Å². The fraction of sp³-hybridized carbons (Fsp3) is 0.571. The van der Waals surface area contributed by atoms with E-state index in [1.54, 1.807) is 4.90 Å². The fourth-order valence-corrected chi connectivity index (χ4v) is 3.42. The number of hydrogen-bond donors (Lipinski definition) is 1. The van der Waals surface area contributed by atoms with Crippen LogP contribution in [0.3, 0.4) is 0 Å². The van der Waals surface area contributed by atoms with Gasteiger partial charge in [0.25, 0.3) is 0 Å². The van der Waals surface area contributed by atoms with Crippen LogP contribution in [0.4, 0.5) is 19.0 Å². The maximum absolute atomic E-state index is 12.8. The second-order valence-corrected chi connectivity index (χ2v) is 5.75. The first-order valence-corrected chi connectivity index (χ1v) is 6.89. The van der Waals surface area contributed by atoms with E-state index >= 15 is 0 Å². The second kappa shape index (κ2) is 4.88. The van der Waals surface area contributed by atoms with Gasteiger partial charge >= 0.3 is 6.18 Å². The van der Waals surface area contributed by atoms with E-state index in [0.29, 0.717) is 19.0 Å². The van der Waals surface area contributed by atoms with Gasteiger partial charge in [0.1, 0.15) is 17.6 Å². The predicted octanol–water partition coefficient (Wildman–Crippen LogP) is 2.15. The third-order valence-electron chi connectivity index (χ3n) is 4.50. The highest BCUT2D eigenvalue weighted by Crippen LogP contribution is 2.40. The quantitative estimate of drug-likeness (QED) is 0.862. The third-order valence-corrected chi connectivity index (χ3v) is 4.50. The molecule has 1 saturated carbocycles. The summed E-state index contributed by atoms with van der Waals surface area (Å²) in [7, 11) is 0. The van der Waals surface area contributed by atoms with E-state index in [9.17, 15) is 13.2 Å². The average Bonchev–Trinajstić information content (AvgIpc) is 3.00. The smallest absolute Gasteiger partial charge is 0.355 e. The summed E-state index contributed by atoms with van der Waals surface area (Å²) in [5.74, 6) is 0.810. The SMILES string of the molecule is N#Cc1ccc(C(F)(F)F)nc1N1CC2CCC(N)C2C1. The summed E-state index contributed by atoms with van der Waals surface area (Å²) in [5.41, 5.74) is 5.25. The van der Waals surface area contributed by atoms with Gasteiger partial charge in [0.15, 0.2) is 0 Å². The summed E-state index contributed by atoms with van der Waals surface area (Å²) in [6.07, 6.45) is -2.55. The molecule has 2 N–H and O–H groups in total. The number of halogens is 3. The monoisotopic (exact) mass is 296 g/mol. The van der Waals surface area contributed by atoms with Gasteiger partial charge in [-0.15, -0.1) is 0 Å². The molecule has 0 spiro atoms. The molecular formula is C14H15F3N4. The summed E-state index contributed by atoms with van der Waals surface area (Å²) < 4.78 is 38.4. The number of pyridine rings is 1. The van der Waals surface area contributed by atoms with E-state index in [-0.39, 0.29) is 23.3 Å². The number of nitrogens with two attached hydrogens (primary N) is 1. The summed E-state index contributed by atoms with van der Waals surface area (Å²) in [5, 5.41) is 9.10. The Balaban J connectivity index is 1.93. The van der Waals surface area contributed by atoms with Crippen molar-refractivity contribution in [3.63, 3.8) is 0 Å². The second-order valence-electron chi connectivity index (χ2n) is 5.75. The first-order chi connectivity index (χ1) is 9.90. The van der Waals surface area contributed by atoms with Gasteiger partial charge in [0.2, 0.25) is 0 Å². The normalized spacial score (nSPS) is 28.5. The Morgan fingerprint density at radius 3 is 2.67 bits per heavy atom. The van der Waals surface area contributed by atoms with Crippen molar-refractivity contribution in [2.24, 2.45) is 17.6 Å².